The molecular weight excluding hydrogens is 749 g/mol. The Balaban J connectivity index is 4.62. The predicted molar refractivity (Wildman–Crippen MR) is 227 cm³/mol. The molecule has 0 aliphatic carbocycles. The van der Waals surface area contributed by atoms with Crippen LogP contribution in [-0.4, -0.2) is 71.1 Å². The molecule has 0 fully saturated rings. The van der Waals surface area contributed by atoms with Crippen LogP contribution in [-0.2, 0) is 37.5 Å². The van der Waals surface area contributed by atoms with Gasteiger partial charge in [0.25, 0.3) is 0 Å². The first kappa shape index (κ1) is 53.9. The van der Waals surface area contributed by atoms with Crippen LogP contribution in [0.15, 0.2) is 72.9 Å². The van der Waals surface area contributed by atoms with Crippen molar-refractivity contribution < 1.29 is 52.6 Å². The highest BCUT2D eigenvalue weighted by Gasteiger charge is 2.28. The van der Waals surface area contributed by atoms with Gasteiger partial charge in [-0.2, -0.15) is 0 Å². The van der Waals surface area contributed by atoms with E-state index in [1.54, 1.807) is 12.2 Å². The van der Waals surface area contributed by atoms with Gasteiger partial charge in [-0.05, 0) is 70.6 Å². The second kappa shape index (κ2) is 38.4. The van der Waals surface area contributed by atoms with Gasteiger partial charge in [0.1, 0.15) is 12.6 Å². The number of ether oxygens (including phenoxy) is 2. The van der Waals surface area contributed by atoms with Crippen molar-refractivity contribution in [3.05, 3.63) is 72.9 Å². The van der Waals surface area contributed by atoms with Gasteiger partial charge in [-0.3, -0.25) is 23.4 Å². The van der Waals surface area contributed by atoms with Crippen molar-refractivity contribution in [2.45, 2.75) is 167 Å². The molecule has 5 N–H and O–H groups in total. The summed E-state index contributed by atoms with van der Waals surface area (Å²) in [6.07, 6.45) is 41.4. The van der Waals surface area contributed by atoms with Gasteiger partial charge in [0.2, 0.25) is 0 Å². The van der Waals surface area contributed by atoms with Crippen LogP contribution in [0.5, 0.6) is 0 Å². The van der Waals surface area contributed by atoms with E-state index in [4.69, 9.17) is 24.8 Å². The maximum absolute atomic E-state index is 12.6. The van der Waals surface area contributed by atoms with Crippen LogP contribution < -0.4 is 5.73 Å². The molecule has 0 bridgehead atoms. The molecule has 0 aromatic carbocycles. The number of rotatable bonds is 38. The zero-order valence-corrected chi connectivity index (χ0v) is 35.7. The number of aliphatic hydroxyl groups is 1. The number of carbonyl (C=O) groups is 3. The third-order valence-corrected chi connectivity index (χ3v) is 9.49. The molecule has 4 atom stereocenters. The molecule has 0 radical (unpaired) electrons. The molecule has 0 spiro atoms. The number of aliphatic carboxylic acids is 1. The molecule has 0 saturated carbocycles. The first-order valence-corrected chi connectivity index (χ1v) is 22.6. The number of phosphoric ester groups is 1. The molecule has 57 heavy (non-hydrogen) atoms. The third-order valence-electron chi connectivity index (χ3n) is 8.54. The number of nitrogens with two attached hydrogens (primary N) is 1. The van der Waals surface area contributed by atoms with Crippen LogP contribution in [0, 0.1) is 0 Å². The Labute approximate surface area is 343 Å². The van der Waals surface area contributed by atoms with E-state index in [1.807, 2.05) is 12.2 Å². The van der Waals surface area contributed by atoms with Gasteiger partial charge in [0.15, 0.2) is 6.10 Å². The zero-order chi connectivity index (χ0) is 42.2. The van der Waals surface area contributed by atoms with Gasteiger partial charge in [0, 0.05) is 12.8 Å². The molecule has 0 heterocycles. The molecule has 0 aliphatic rings. The fraction of sp³-hybridized carbons (Fsp3) is 0.659. The van der Waals surface area contributed by atoms with Crippen molar-refractivity contribution in [2.75, 3.05) is 19.8 Å². The summed E-state index contributed by atoms with van der Waals surface area (Å²) in [5.41, 5.74) is 5.31. The molecule has 0 aromatic heterocycles. The molecular formula is C44H74NO11P. The number of carboxylic acids is 1. The average molecular weight is 824 g/mol. The van der Waals surface area contributed by atoms with E-state index >= 15 is 0 Å². The summed E-state index contributed by atoms with van der Waals surface area (Å²) in [6.45, 7) is 2.45. The van der Waals surface area contributed by atoms with Gasteiger partial charge >= 0.3 is 25.7 Å². The molecule has 12 nitrogen and oxygen atoms in total. The summed E-state index contributed by atoms with van der Waals surface area (Å²) >= 11 is 0. The molecule has 0 aliphatic heterocycles. The number of aliphatic hydroxyl groups excluding tert-OH is 1. The minimum Gasteiger partial charge on any atom is -0.480 e. The molecule has 2 unspecified atom stereocenters. The highest BCUT2D eigenvalue weighted by molar-refractivity contribution is 7.47. The van der Waals surface area contributed by atoms with E-state index < -0.39 is 63.8 Å². The standard InChI is InChI=1S/C44H74NO11P/c1-3-5-7-9-11-13-15-17-18-20-22-24-26-28-30-34-42(47)53-36-40(37-54-57(51,52)55-38-41(45)44(49)50)56-43(48)35-31-33-39(46)32-29-27-25-23-21-19-16-14-12-10-8-6-4-2/h5,7,11,13,17-19,21,25,27,29,32,39-41,46H,3-4,6,8-10,12,14-16,20,22-24,26,28,30-31,33-38,45H2,1-2H3,(H,49,50)(H,51,52)/b7-5-,13-11-,18-17-,21-19+,27-25+,32-29+/t39?,40-,41+/m1/s1. The summed E-state index contributed by atoms with van der Waals surface area (Å²) < 4.78 is 32.5. The molecule has 326 valence electrons. The summed E-state index contributed by atoms with van der Waals surface area (Å²) in [5.74, 6) is -2.63. The summed E-state index contributed by atoms with van der Waals surface area (Å²) in [4.78, 5) is 45.9. The Kier molecular flexibility index (Phi) is 36.3. The van der Waals surface area contributed by atoms with Gasteiger partial charge in [-0.25, -0.2) is 4.57 Å². The second-order valence-electron chi connectivity index (χ2n) is 13.9. The van der Waals surface area contributed by atoms with Crippen LogP contribution in [0.1, 0.15) is 149 Å². The van der Waals surface area contributed by atoms with Gasteiger partial charge < -0.3 is 30.3 Å². The normalized spacial score (nSPS) is 15.0. The van der Waals surface area contributed by atoms with Crippen molar-refractivity contribution in [1.29, 1.82) is 0 Å². The number of hydrogen-bond acceptors (Lipinski definition) is 10. The first-order chi connectivity index (χ1) is 27.5. The number of unbranched alkanes of at least 4 members (excludes halogenated alkanes) is 11. The molecule has 0 rings (SSSR count). The van der Waals surface area contributed by atoms with Crippen molar-refractivity contribution in [3.8, 4) is 0 Å². The van der Waals surface area contributed by atoms with E-state index in [0.717, 1.165) is 64.2 Å². The van der Waals surface area contributed by atoms with Crippen LogP contribution in [0.3, 0.4) is 0 Å². The van der Waals surface area contributed by atoms with Crippen LogP contribution >= 0.6 is 7.82 Å². The van der Waals surface area contributed by atoms with Crippen molar-refractivity contribution in [2.24, 2.45) is 5.73 Å². The smallest absolute Gasteiger partial charge is 0.472 e. The predicted octanol–water partition coefficient (Wildman–Crippen LogP) is 9.92. The molecule has 0 amide bonds. The van der Waals surface area contributed by atoms with E-state index in [1.165, 1.54) is 38.5 Å². The topological polar surface area (TPSA) is 192 Å². The lowest BCUT2D eigenvalue weighted by molar-refractivity contribution is -0.161. The van der Waals surface area contributed by atoms with E-state index in [9.17, 15) is 28.9 Å². The quantitative estimate of drug-likeness (QED) is 0.0152. The summed E-state index contributed by atoms with van der Waals surface area (Å²) in [6, 6.07) is -1.56. The van der Waals surface area contributed by atoms with Crippen molar-refractivity contribution >= 4 is 25.7 Å². The SMILES string of the molecule is CC/C=C\C/C=C\C/C=C\CCCCCCCC(=O)OC[C@H](COP(=O)(O)OC[C@H](N)C(=O)O)OC(=O)CCCC(O)/C=C/C=C/C/C=C/CCCCCCCC. The maximum Gasteiger partial charge on any atom is 0.472 e. The zero-order valence-electron chi connectivity index (χ0n) is 34.8. The second-order valence-corrected chi connectivity index (χ2v) is 15.4. The summed E-state index contributed by atoms with van der Waals surface area (Å²) in [5, 5.41) is 19.2. The monoisotopic (exact) mass is 823 g/mol. The van der Waals surface area contributed by atoms with Crippen molar-refractivity contribution in [3.63, 3.8) is 0 Å². The largest absolute Gasteiger partial charge is 0.480 e. The van der Waals surface area contributed by atoms with E-state index in [2.05, 4.69) is 67.0 Å². The fourth-order valence-corrected chi connectivity index (χ4v) is 5.98. The summed E-state index contributed by atoms with van der Waals surface area (Å²) in [7, 11) is -4.78. The lowest BCUT2D eigenvalue weighted by Gasteiger charge is -2.20. The fourth-order valence-electron chi connectivity index (χ4n) is 5.20. The van der Waals surface area contributed by atoms with Crippen LogP contribution in [0.4, 0.5) is 0 Å². The highest BCUT2D eigenvalue weighted by Crippen LogP contribution is 2.43. The Bertz CT molecular complexity index is 1260. The molecule has 13 heteroatoms. The maximum atomic E-state index is 12.6. The number of carboxylic acid groups (broad SMARTS) is 1. The van der Waals surface area contributed by atoms with E-state index in [-0.39, 0.29) is 12.8 Å². The lowest BCUT2D eigenvalue weighted by Crippen LogP contribution is -2.34. The number of phosphoric acid groups is 1. The third kappa shape index (κ3) is 38.2. The molecule has 0 saturated heterocycles. The Morgan fingerprint density at radius 1 is 0.649 bits per heavy atom. The van der Waals surface area contributed by atoms with Crippen molar-refractivity contribution in [1.82, 2.24) is 0 Å². The first-order valence-electron chi connectivity index (χ1n) is 21.1. The Morgan fingerprint density at radius 3 is 1.82 bits per heavy atom. The van der Waals surface area contributed by atoms with Crippen LogP contribution in [0.2, 0.25) is 0 Å². The highest BCUT2D eigenvalue weighted by atomic mass is 31.2. The number of esters is 2. The van der Waals surface area contributed by atoms with Crippen LogP contribution in [0.25, 0.3) is 0 Å². The van der Waals surface area contributed by atoms with E-state index in [0.29, 0.717) is 19.3 Å². The molecule has 0 aromatic rings. The Morgan fingerprint density at radius 2 is 1.19 bits per heavy atom. The lowest BCUT2D eigenvalue weighted by atomic mass is 10.1. The minimum absolute atomic E-state index is 0.0703. The number of allylic oxidation sites excluding steroid dienone is 11. The Hall–Kier alpha value is -3.12. The van der Waals surface area contributed by atoms with Gasteiger partial charge in [0.05, 0.1) is 19.3 Å². The van der Waals surface area contributed by atoms with Gasteiger partial charge in [-0.15, -0.1) is 0 Å². The average Bonchev–Trinajstić information content (AvgIpc) is 3.18. The minimum atomic E-state index is -4.78. The number of hydrogen-bond donors (Lipinski definition) is 4. The number of carbonyl (C=O) groups excluding carboxylic acids is 2. The van der Waals surface area contributed by atoms with Gasteiger partial charge in [-0.1, -0.05) is 138 Å².